The topological polar surface area (TPSA) is 47.0 Å². The standard InChI is InChI=1S/C16H20BrN3O/c1-10-8-19-14(11(2)16(10)21-4)7-15(18-3)13-6-5-12(17)9-20-13/h5-6,8-9,15,18H,7H2,1-4H3. The molecule has 2 rings (SSSR count). The molecule has 112 valence electrons. The van der Waals surface area contributed by atoms with Crippen molar-refractivity contribution in [3.05, 3.63) is 51.5 Å². The van der Waals surface area contributed by atoms with Crippen molar-refractivity contribution in [1.82, 2.24) is 15.3 Å². The molecule has 1 N–H and O–H groups in total. The van der Waals surface area contributed by atoms with Gasteiger partial charge in [-0.1, -0.05) is 0 Å². The lowest BCUT2D eigenvalue weighted by atomic mass is 10.0. The zero-order chi connectivity index (χ0) is 15.4. The fourth-order valence-corrected chi connectivity index (χ4v) is 2.65. The third-order valence-electron chi connectivity index (χ3n) is 3.60. The molecule has 0 amide bonds. The monoisotopic (exact) mass is 349 g/mol. The van der Waals surface area contributed by atoms with Gasteiger partial charge >= 0.3 is 0 Å². The Kier molecular flexibility index (Phi) is 5.31. The first-order valence-electron chi connectivity index (χ1n) is 6.84. The van der Waals surface area contributed by atoms with Gasteiger partial charge in [0.25, 0.3) is 0 Å². The van der Waals surface area contributed by atoms with Gasteiger partial charge in [-0.3, -0.25) is 9.97 Å². The Morgan fingerprint density at radius 1 is 1.24 bits per heavy atom. The molecule has 0 fully saturated rings. The second-order valence-electron chi connectivity index (χ2n) is 4.99. The normalized spacial score (nSPS) is 12.2. The highest BCUT2D eigenvalue weighted by molar-refractivity contribution is 9.10. The Balaban J connectivity index is 2.29. The molecule has 5 heteroatoms. The SMILES string of the molecule is CNC(Cc1ncc(C)c(OC)c1C)c1ccc(Br)cn1. The van der Waals surface area contributed by atoms with Gasteiger partial charge in [-0.25, -0.2) is 0 Å². The van der Waals surface area contributed by atoms with Gasteiger partial charge < -0.3 is 10.1 Å². The molecule has 0 aliphatic heterocycles. The van der Waals surface area contributed by atoms with Crippen LogP contribution >= 0.6 is 15.9 Å². The molecule has 2 heterocycles. The summed E-state index contributed by atoms with van der Waals surface area (Å²) in [6, 6.07) is 4.14. The molecule has 0 aromatic carbocycles. The van der Waals surface area contributed by atoms with Crippen LogP contribution in [0.15, 0.2) is 29.0 Å². The van der Waals surface area contributed by atoms with Crippen LogP contribution in [-0.2, 0) is 6.42 Å². The number of aromatic nitrogens is 2. The van der Waals surface area contributed by atoms with Gasteiger partial charge in [0.05, 0.1) is 18.8 Å². The number of aryl methyl sites for hydroxylation is 1. The minimum absolute atomic E-state index is 0.122. The lowest BCUT2D eigenvalue weighted by Crippen LogP contribution is -2.21. The lowest BCUT2D eigenvalue weighted by molar-refractivity contribution is 0.406. The highest BCUT2D eigenvalue weighted by Gasteiger charge is 2.16. The second kappa shape index (κ2) is 7.00. The minimum Gasteiger partial charge on any atom is -0.496 e. The summed E-state index contributed by atoms with van der Waals surface area (Å²) < 4.78 is 6.45. The maximum atomic E-state index is 5.47. The molecule has 0 saturated carbocycles. The van der Waals surface area contributed by atoms with Gasteiger partial charge in [0.2, 0.25) is 0 Å². The predicted molar refractivity (Wildman–Crippen MR) is 87.7 cm³/mol. The Morgan fingerprint density at radius 2 is 2.00 bits per heavy atom. The number of halogens is 1. The van der Waals surface area contributed by atoms with Crippen molar-refractivity contribution in [2.24, 2.45) is 0 Å². The van der Waals surface area contributed by atoms with E-state index < -0.39 is 0 Å². The van der Waals surface area contributed by atoms with Crippen LogP contribution < -0.4 is 10.1 Å². The van der Waals surface area contributed by atoms with Gasteiger partial charge in [0, 0.05) is 40.1 Å². The minimum atomic E-state index is 0.122. The summed E-state index contributed by atoms with van der Waals surface area (Å²) in [5, 5.41) is 3.31. The van der Waals surface area contributed by atoms with E-state index in [9.17, 15) is 0 Å². The average Bonchev–Trinajstić information content (AvgIpc) is 2.48. The molecule has 0 radical (unpaired) electrons. The average molecular weight is 350 g/mol. The van der Waals surface area contributed by atoms with E-state index in [1.54, 1.807) is 7.11 Å². The Morgan fingerprint density at radius 3 is 2.57 bits per heavy atom. The van der Waals surface area contributed by atoms with Gasteiger partial charge in [-0.2, -0.15) is 0 Å². The summed E-state index contributed by atoms with van der Waals surface area (Å²) >= 11 is 3.41. The summed E-state index contributed by atoms with van der Waals surface area (Å²) in [5.41, 5.74) is 4.18. The van der Waals surface area contributed by atoms with E-state index in [4.69, 9.17) is 4.74 Å². The van der Waals surface area contributed by atoms with Crippen molar-refractivity contribution in [2.45, 2.75) is 26.3 Å². The van der Waals surface area contributed by atoms with E-state index in [0.29, 0.717) is 0 Å². The van der Waals surface area contributed by atoms with E-state index in [1.165, 1.54) is 0 Å². The molecule has 21 heavy (non-hydrogen) atoms. The quantitative estimate of drug-likeness (QED) is 0.898. The first-order chi connectivity index (χ1) is 10.1. The first-order valence-corrected chi connectivity index (χ1v) is 7.64. The maximum absolute atomic E-state index is 5.47. The molecule has 1 unspecified atom stereocenters. The van der Waals surface area contributed by atoms with Crippen LogP contribution in [0.5, 0.6) is 5.75 Å². The number of hydrogen-bond acceptors (Lipinski definition) is 4. The molecular formula is C16H20BrN3O. The Labute approximate surface area is 134 Å². The Bertz CT molecular complexity index is 614. The number of nitrogens with zero attached hydrogens (tertiary/aromatic N) is 2. The van der Waals surface area contributed by atoms with Crippen molar-refractivity contribution in [3.8, 4) is 5.75 Å². The number of ether oxygens (including phenoxy) is 1. The van der Waals surface area contributed by atoms with E-state index in [0.717, 1.165) is 39.2 Å². The molecule has 0 aliphatic carbocycles. The van der Waals surface area contributed by atoms with Crippen LogP contribution in [0.1, 0.15) is 28.6 Å². The van der Waals surface area contributed by atoms with E-state index in [2.05, 4.69) is 38.1 Å². The fourth-order valence-electron chi connectivity index (χ4n) is 2.42. The van der Waals surface area contributed by atoms with Gasteiger partial charge in [-0.15, -0.1) is 0 Å². The largest absolute Gasteiger partial charge is 0.496 e. The van der Waals surface area contributed by atoms with Crippen LogP contribution in [0, 0.1) is 13.8 Å². The van der Waals surface area contributed by atoms with Gasteiger partial charge in [-0.05, 0) is 49.0 Å². The van der Waals surface area contributed by atoms with Crippen molar-refractivity contribution in [2.75, 3.05) is 14.2 Å². The lowest BCUT2D eigenvalue weighted by Gasteiger charge is -2.18. The third kappa shape index (κ3) is 3.60. The number of methoxy groups -OCH3 is 1. The molecule has 0 saturated heterocycles. The van der Waals surface area contributed by atoms with Crippen LogP contribution in [0.25, 0.3) is 0 Å². The highest BCUT2D eigenvalue weighted by atomic mass is 79.9. The summed E-state index contributed by atoms with van der Waals surface area (Å²) in [6.45, 7) is 4.06. The van der Waals surface area contributed by atoms with Gasteiger partial charge in [0.15, 0.2) is 0 Å². The number of hydrogen-bond donors (Lipinski definition) is 1. The zero-order valence-electron chi connectivity index (χ0n) is 12.8. The van der Waals surface area contributed by atoms with Crippen molar-refractivity contribution < 1.29 is 4.74 Å². The molecule has 0 bridgehead atoms. The van der Waals surface area contributed by atoms with E-state index in [1.807, 2.05) is 38.5 Å². The van der Waals surface area contributed by atoms with Crippen LogP contribution in [0.3, 0.4) is 0 Å². The van der Waals surface area contributed by atoms with Crippen LogP contribution in [0.4, 0.5) is 0 Å². The number of rotatable bonds is 5. The Hall–Kier alpha value is -1.46. The van der Waals surface area contributed by atoms with E-state index in [-0.39, 0.29) is 6.04 Å². The fraction of sp³-hybridized carbons (Fsp3) is 0.375. The number of likely N-dealkylation sites (N-methyl/N-ethyl adjacent to an activating group) is 1. The third-order valence-corrected chi connectivity index (χ3v) is 4.07. The maximum Gasteiger partial charge on any atom is 0.128 e. The molecule has 2 aromatic heterocycles. The molecule has 4 nitrogen and oxygen atoms in total. The number of nitrogens with one attached hydrogen (secondary N) is 1. The van der Waals surface area contributed by atoms with Crippen molar-refractivity contribution in [1.29, 1.82) is 0 Å². The first kappa shape index (κ1) is 15.9. The smallest absolute Gasteiger partial charge is 0.128 e. The molecule has 2 aromatic rings. The van der Waals surface area contributed by atoms with Crippen molar-refractivity contribution in [3.63, 3.8) is 0 Å². The molecule has 0 aliphatic rings. The summed E-state index contributed by atoms with van der Waals surface area (Å²) in [7, 11) is 3.64. The summed E-state index contributed by atoms with van der Waals surface area (Å²) in [6.07, 6.45) is 4.45. The second-order valence-corrected chi connectivity index (χ2v) is 5.91. The number of pyridine rings is 2. The molecule has 0 spiro atoms. The summed E-state index contributed by atoms with van der Waals surface area (Å²) in [4.78, 5) is 9.03. The molecular weight excluding hydrogens is 330 g/mol. The zero-order valence-corrected chi connectivity index (χ0v) is 14.4. The predicted octanol–water partition coefficient (Wildman–Crippen LogP) is 3.37. The molecule has 1 atom stereocenters. The van der Waals surface area contributed by atoms with Gasteiger partial charge in [0.1, 0.15) is 5.75 Å². The van der Waals surface area contributed by atoms with Crippen molar-refractivity contribution >= 4 is 15.9 Å². The highest BCUT2D eigenvalue weighted by Crippen LogP contribution is 2.27. The van der Waals surface area contributed by atoms with E-state index >= 15 is 0 Å². The van der Waals surface area contributed by atoms with Crippen LogP contribution in [-0.4, -0.2) is 24.1 Å². The van der Waals surface area contributed by atoms with Crippen LogP contribution in [0.2, 0.25) is 0 Å². The summed E-state index contributed by atoms with van der Waals surface area (Å²) in [5.74, 6) is 0.915.